The number of carbonyl (C=O) groups is 1. The molecule has 1 amide bonds. The first kappa shape index (κ1) is 42.1. The third kappa shape index (κ3) is 18.2. The van der Waals surface area contributed by atoms with Gasteiger partial charge in [-0.2, -0.15) is 5.10 Å². The Morgan fingerprint density at radius 2 is 1.57 bits per heavy atom. The third-order valence-corrected chi connectivity index (χ3v) is 9.29. The molecule has 0 unspecified atom stereocenters. The second-order valence-corrected chi connectivity index (χ2v) is 13.7. The summed E-state index contributed by atoms with van der Waals surface area (Å²) in [5.74, 6) is 2.21. The molecule has 252 valence electrons. The summed E-state index contributed by atoms with van der Waals surface area (Å²) in [5.41, 5.74) is 5.64. The van der Waals surface area contributed by atoms with Crippen LogP contribution in [0, 0.1) is 31.6 Å². The second kappa shape index (κ2) is 26.3. The lowest BCUT2D eigenvalue weighted by atomic mass is 9.83. The van der Waals surface area contributed by atoms with Gasteiger partial charge in [-0.1, -0.05) is 156 Å². The summed E-state index contributed by atoms with van der Waals surface area (Å²) in [5, 5.41) is 9.37. The molecule has 0 spiro atoms. The van der Waals surface area contributed by atoms with E-state index < -0.39 is 0 Å². The Bertz CT molecular complexity index is 1020. The standard InChI is InChI=1S/C17H26.C8H12BrN3O.C7H14.C7H16/c1-6-7-11-17(15(5)13(2)3)16-12-9-8-10-14(16)4;1-3-4-10-8(13)7-6(9)5(2)11-12-7;1-7-5-3-2-4-6-7;1-3-5-7-6-4-2/h8-13,15H,6-7H2,1-5H3;3-4H2,1-2H3,(H,10,13)(H,11,12);7H,2-6H2,1H3;3-7H2,1-2H3/t15-;;;/m0.../s1. The smallest absolute Gasteiger partial charge is 0.272 e. The molecule has 0 bridgehead atoms. The Hall–Kier alpha value is -1.88. The summed E-state index contributed by atoms with van der Waals surface area (Å²) in [7, 11) is 0. The highest BCUT2D eigenvalue weighted by Crippen LogP contribution is 2.31. The molecule has 0 aliphatic heterocycles. The number of aryl methyl sites for hydroxylation is 2. The first-order valence-electron chi connectivity index (χ1n) is 17.8. The monoisotopic (exact) mass is 673 g/mol. The zero-order valence-corrected chi connectivity index (χ0v) is 31.8. The average Bonchev–Trinajstić information content (AvgIpc) is 3.36. The average molecular weight is 675 g/mol. The van der Waals surface area contributed by atoms with Gasteiger partial charge in [-0.05, 0) is 77.1 Å². The van der Waals surface area contributed by atoms with Crippen LogP contribution in [-0.4, -0.2) is 22.6 Å². The van der Waals surface area contributed by atoms with Gasteiger partial charge in [0, 0.05) is 12.2 Å². The number of hydrogen-bond acceptors (Lipinski definition) is 2. The van der Waals surface area contributed by atoms with Crippen LogP contribution in [0.2, 0.25) is 0 Å². The quantitative estimate of drug-likeness (QED) is 0.220. The topological polar surface area (TPSA) is 57.8 Å². The molecule has 1 saturated carbocycles. The molecule has 4 nitrogen and oxygen atoms in total. The van der Waals surface area contributed by atoms with Gasteiger partial charge in [0.05, 0.1) is 4.47 Å². The van der Waals surface area contributed by atoms with E-state index in [2.05, 4.69) is 117 Å². The van der Waals surface area contributed by atoms with Gasteiger partial charge in [0.1, 0.15) is 0 Å². The van der Waals surface area contributed by atoms with Crippen LogP contribution in [0.1, 0.15) is 166 Å². The van der Waals surface area contributed by atoms with Crippen LogP contribution in [0.4, 0.5) is 0 Å². The molecule has 1 aliphatic rings. The number of halogens is 1. The van der Waals surface area contributed by atoms with Crippen LogP contribution in [0.3, 0.4) is 0 Å². The van der Waals surface area contributed by atoms with Crippen LogP contribution in [0.15, 0.2) is 34.8 Å². The lowest BCUT2D eigenvalue weighted by Gasteiger charge is -2.22. The Labute approximate surface area is 281 Å². The first-order valence-corrected chi connectivity index (χ1v) is 18.6. The summed E-state index contributed by atoms with van der Waals surface area (Å²) in [6.45, 7) is 22.8. The number of H-pyrrole nitrogens is 1. The number of allylic oxidation sites excluding steroid dienone is 2. The molecular weight excluding hydrogens is 606 g/mol. The van der Waals surface area contributed by atoms with Crippen molar-refractivity contribution in [3.63, 3.8) is 0 Å². The highest BCUT2D eigenvalue weighted by Gasteiger charge is 2.16. The summed E-state index contributed by atoms with van der Waals surface area (Å²) in [6, 6.07) is 8.74. The molecule has 0 radical (unpaired) electrons. The number of hydrogen-bond donors (Lipinski definition) is 2. The van der Waals surface area contributed by atoms with Gasteiger partial charge in [-0.15, -0.1) is 0 Å². The van der Waals surface area contributed by atoms with Crippen molar-refractivity contribution in [3.05, 3.63) is 57.3 Å². The first-order chi connectivity index (χ1) is 21.0. The predicted molar refractivity (Wildman–Crippen MR) is 198 cm³/mol. The van der Waals surface area contributed by atoms with E-state index in [0.717, 1.165) is 22.5 Å². The Morgan fingerprint density at radius 3 is 2.00 bits per heavy atom. The fourth-order valence-corrected chi connectivity index (χ4v) is 5.33. The highest BCUT2D eigenvalue weighted by molar-refractivity contribution is 9.10. The molecular formula is C39H68BrN3O. The number of nitrogens with one attached hydrogen (secondary N) is 2. The molecule has 2 N–H and O–H groups in total. The van der Waals surface area contributed by atoms with Gasteiger partial charge >= 0.3 is 0 Å². The van der Waals surface area contributed by atoms with E-state index in [-0.39, 0.29) is 5.91 Å². The van der Waals surface area contributed by atoms with Crippen molar-refractivity contribution in [2.75, 3.05) is 6.54 Å². The Kier molecular flexibility index (Phi) is 25.2. The van der Waals surface area contributed by atoms with Crippen molar-refractivity contribution in [3.8, 4) is 0 Å². The van der Waals surface area contributed by atoms with Gasteiger partial charge in [-0.25, -0.2) is 0 Å². The number of carbonyl (C=O) groups excluding carboxylic acids is 1. The second-order valence-electron chi connectivity index (χ2n) is 12.9. The van der Waals surface area contributed by atoms with Crippen LogP contribution >= 0.6 is 15.9 Å². The predicted octanol–water partition coefficient (Wildman–Crippen LogP) is 12.7. The van der Waals surface area contributed by atoms with E-state index in [1.54, 1.807) is 0 Å². The van der Waals surface area contributed by atoms with E-state index in [0.29, 0.717) is 24.1 Å². The van der Waals surface area contributed by atoms with Crippen molar-refractivity contribution >= 4 is 27.4 Å². The van der Waals surface area contributed by atoms with Crippen molar-refractivity contribution in [2.45, 2.75) is 153 Å². The molecule has 2 aromatic rings. The van der Waals surface area contributed by atoms with E-state index in [1.807, 2.05) is 13.8 Å². The summed E-state index contributed by atoms with van der Waals surface area (Å²) < 4.78 is 0.737. The molecule has 1 atom stereocenters. The number of nitrogens with zero attached hydrogens (tertiary/aromatic N) is 1. The summed E-state index contributed by atoms with van der Waals surface area (Å²) >= 11 is 3.29. The van der Waals surface area contributed by atoms with Crippen LogP contribution < -0.4 is 5.32 Å². The lowest BCUT2D eigenvalue weighted by Crippen LogP contribution is -2.24. The maximum absolute atomic E-state index is 11.4. The highest BCUT2D eigenvalue weighted by atomic mass is 79.9. The molecule has 44 heavy (non-hydrogen) atoms. The summed E-state index contributed by atoms with van der Waals surface area (Å²) in [4.78, 5) is 11.4. The minimum absolute atomic E-state index is 0.141. The number of unbranched alkanes of at least 4 members (excludes halogenated alkanes) is 5. The molecule has 1 aromatic carbocycles. The molecule has 0 saturated heterocycles. The fourth-order valence-electron chi connectivity index (χ4n) is 4.97. The minimum Gasteiger partial charge on any atom is -0.351 e. The normalized spacial score (nSPS) is 14.0. The number of rotatable bonds is 12. The number of aromatic amines is 1. The van der Waals surface area contributed by atoms with E-state index in [4.69, 9.17) is 0 Å². The van der Waals surface area contributed by atoms with E-state index >= 15 is 0 Å². The number of amides is 1. The molecule has 1 fully saturated rings. The van der Waals surface area contributed by atoms with E-state index in [9.17, 15) is 4.79 Å². The van der Waals surface area contributed by atoms with Gasteiger partial charge in [-0.3, -0.25) is 9.89 Å². The van der Waals surface area contributed by atoms with Crippen LogP contribution in [-0.2, 0) is 0 Å². The van der Waals surface area contributed by atoms with Gasteiger partial charge in [0.2, 0.25) is 0 Å². The van der Waals surface area contributed by atoms with Crippen molar-refractivity contribution in [1.29, 1.82) is 0 Å². The van der Waals surface area contributed by atoms with Crippen LogP contribution in [0.25, 0.3) is 5.57 Å². The minimum atomic E-state index is -0.141. The Balaban J connectivity index is 0.000000602. The maximum atomic E-state index is 11.4. The van der Waals surface area contributed by atoms with Crippen molar-refractivity contribution < 1.29 is 4.79 Å². The lowest BCUT2D eigenvalue weighted by molar-refractivity contribution is 0.0948. The zero-order chi connectivity index (χ0) is 33.3. The molecule has 1 aliphatic carbocycles. The van der Waals surface area contributed by atoms with E-state index in [1.165, 1.54) is 93.7 Å². The molecule has 1 aromatic heterocycles. The van der Waals surface area contributed by atoms with Crippen LogP contribution in [0.5, 0.6) is 0 Å². The van der Waals surface area contributed by atoms with Crippen molar-refractivity contribution in [1.82, 2.24) is 15.5 Å². The molecule has 3 rings (SSSR count). The SMILES string of the molecule is CC1CCCCC1.CCCC=C(c1ccccc1C)[C@@H](C)C(C)C.CCCCCCC.CCCNC(=O)c1n[nH]c(C)c1Br. The Morgan fingerprint density at radius 1 is 0.955 bits per heavy atom. The van der Waals surface area contributed by atoms with Gasteiger partial charge in [0.25, 0.3) is 5.91 Å². The number of aromatic nitrogens is 2. The molecule has 5 heteroatoms. The summed E-state index contributed by atoms with van der Waals surface area (Å²) in [6.07, 6.45) is 20.2. The van der Waals surface area contributed by atoms with Gasteiger partial charge in [0.15, 0.2) is 5.69 Å². The third-order valence-electron chi connectivity index (χ3n) is 8.32. The van der Waals surface area contributed by atoms with Crippen molar-refractivity contribution in [2.24, 2.45) is 17.8 Å². The zero-order valence-electron chi connectivity index (χ0n) is 30.3. The largest absolute Gasteiger partial charge is 0.351 e. The molecule has 1 heterocycles. The van der Waals surface area contributed by atoms with Gasteiger partial charge < -0.3 is 5.32 Å². The fraction of sp³-hybridized carbons (Fsp3) is 0.692. The maximum Gasteiger partial charge on any atom is 0.272 e. The number of benzene rings is 1.